The van der Waals surface area contributed by atoms with Crippen molar-refractivity contribution in [2.75, 3.05) is 13.6 Å². The summed E-state index contributed by atoms with van der Waals surface area (Å²) in [6.45, 7) is 2.86. The second kappa shape index (κ2) is 4.76. The maximum atomic E-state index is 13.2. The molecule has 1 aliphatic rings. The topological polar surface area (TPSA) is 12.0 Å². The van der Waals surface area contributed by atoms with Crippen LogP contribution in [0.15, 0.2) is 23.1 Å². The van der Waals surface area contributed by atoms with Gasteiger partial charge in [-0.1, -0.05) is 6.42 Å². The summed E-state index contributed by atoms with van der Waals surface area (Å²) in [7, 11) is 2.00. The molecule has 0 radical (unpaired) electrons. The van der Waals surface area contributed by atoms with E-state index in [1.807, 2.05) is 37.9 Å². The molecular weight excluding hydrogens is 221 g/mol. The standard InChI is InChI=1S/C13H18FNS/c1-10-8-11(4-5-12(10)14)16-13(9-15-2)6-3-7-13/h4-5,8,15H,3,6-7,9H2,1-2H3. The third kappa shape index (κ3) is 2.41. The minimum absolute atomic E-state index is 0.111. The molecule has 0 aromatic heterocycles. The summed E-state index contributed by atoms with van der Waals surface area (Å²) in [5.74, 6) is -0.111. The van der Waals surface area contributed by atoms with Gasteiger partial charge in [-0.25, -0.2) is 4.39 Å². The van der Waals surface area contributed by atoms with Gasteiger partial charge >= 0.3 is 0 Å². The van der Waals surface area contributed by atoms with E-state index in [-0.39, 0.29) is 5.82 Å². The minimum atomic E-state index is -0.111. The molecule has 0 heterocycles. The number of hydrogen-bond acceptors (Lipinski definition) is 2. The molecule has 2 rings (SSSR count). The quantitative estimate of drug-likeness (QED) is 0.864. The van der Waals surface area contributed by atoms with Crippen LogP contribution < -0.4 is 5.32 Å². The highest BCUT2D eigenvalue weighted by Crippen LogP contribution is 2.47. The van der Waals surface area contributed by atoms with Crippen molar-refractivity contribution in [2.45, 2.75) is 35.8 Å². The summed E-state index contributed by atoms with van der Waals surface area (Å²) in [6, 6.07) is 5.42. The van der Waals surface area contributed by atoms with Gasteiger partial charge in [0.05, 0.1) is 0 Å². The third-order valence-electron chi connectivity index (χ3n) is 3.23. The van der Waals surface area contributed by atoms with E-state index in [4.69, 9.17) is 0 Å². The first-order valence-electron chi connectivity index (χ1n) is 5.75. The summed E-state index contributed by atoms with van der Waals surface area (Å²) in [5.41, 5.74) is 0.740. The lowest BCUT2D eigenvalue weighted by Crippen LogP contribution is -2.42. The number of aryl methyl sites for hydroxylation is 1. The van der Waals surface area contributed by atoms with Crippen LogP contribution in [-0.4, -0.2) is 18.3 Å². The van der Waals surface area contributed by atoms with Gasteiger partial charge in [-0.05, 0) is 50.6 Å². The highest BCUT2D eigenvalue weighted by molar-refractivity contribution is 8.00. The van der Waals surface area contributed by atoms with Gasteiger partial charge in [0.15, 0.2) is 0 Å². The van der Waals surface area contributed by atoms with Crippen LogP contribution in [-0.2, 0) is 0 Å². The average molecular weight is 239 g/mol. The molecule has 0 bridgehead atoms. The van der Waals surface area contributed by atoms with E-state index in [9.17, 15) is 4.39 Å². The second-order valence-corrected chi connectivity index (χ2v) is 6.12. The molecular formula is C13H18FNS. The van der Waals surface area contributed by atoms with Crippen molar-refractivity contribution in [1.82, 2.24) is 5.32 Å². The summed E-state index contributed by atoms with van der Waals surface area (Å²) >= 11 is 1.90. The van der Waals surface area contributed by atoms with Crippen molar-refractivity contribution in [3.8, 4) is 0 Å². The van der Waals surface area contributed by atoms with Gasteiger partial charge in [0.2, 0.25) is 0 Å². The summed E-state index contributed by atoms with van der Waals surface area (Å²) in [5, 5.41) is 3.26. The number of nitrogens with one attached hydrogen (secondary N) is 1. The van der Waals surface area contributed by atoms with Crippen LogP contribution in [0, 0.1) is 12.7 Å². The van der Waals surface area contributed by atoms with Gasteiger partial charge in [-0.15, -0.1) is 11.8 Å². The molecule has 0 aliphatic heterocycles. The highest BCUT2D eigenvalue weighted by Gasteiger charge is 2.37. The SMILES string of the molecule is CNCC1(Sc2ccc(F)c(C)c2)CCC1. The van der Waals surface area contributed by atoms with Gasteiger partial charge in [0, 0.05) is 16.2 Å². The van der Waals surface area contributed by atoms with Crippen LogP contribution in [0.3, 0.4) is 0 Å². The van der Waals surface area contributed by atoms with Gasteiger partial charge in [-0.2, -0.15) is 0 Å². The van der Waals surface area contributed by atoms with E-state index in [1.54, 1.807) is 6.07 Å². The molecule has 1 aliphatic carbocycles. The Morgan fingerprint density at radius 3 is 2.69 bits per heavy atom. The molecule has 0 amide bonds. The molecule has 16 heavy (non-hydrogen) atoms. The molecule has 1 nitrogen and oxygen atoms in total. The zero-order valence-corrected chi connectivity index (χ0v) is 10.7. The first-order chi connectivity index (χ1) is 7.65. The van der Waals surface area contributed by atoms with E-state index in [2.05, 4.69) is 5.32 Å². The number of hydrogen-bond donors (Lipinski definition) is 1. The Balaban J connectivity index is 2.10. The van der Waals surface area contributed by atoms with Crippen LogP contribution in [0.2, 0.25) is 0 Å². The van der Waals surface area contributed by atoms with Gasteiger partial charge < -0.3 is 5.32 Å². The largest absolute Gasteiger partial charge is 0.318 e. The Morgan fingerprint density at radius 2 is 2.19 bits per heavy atom. The fraction of sp³-hybridized carbons (Fsp3) is 0.538. The van der Waals surface area contributed by atoms with E-state index < -0.39 is 0 Å². The lowest BCUT2D eigenvalue weighted by molar-refractivity contribution is 0.353. The third-order valence-corrected chi connectivity index (χ3v) is 4.70. The molecule has 1 N–H and O–H groups in total. The van der Waals surface area contributed by atoms with E-state index in [0.29, 0.717) is 4.75 Å². The lowest BCUT2D eigenvalue weighted by Gasteiger charge is -2.41. The number of halogens is 1. The Bertz CT molecular complexity index is 374. The molecule has 0 spiro atoms. The molecule has 3 heteroatoms. The van der Waals surface area contributed by atoms with Gasteiger partial charge in [-0.3, -0.25) is 0 Å². The number of rotatable bonds is 4. The second-order valence-electron chi connectivity index (χ2n) is 4.58. The maximum Gasteiger partial charge on any atom is 0.126 e. The zero-order chi connectivity index (χ0) is 11.6. The first kappa shape index (κ1) is 11.9. The van der Waals surface area contributed by atoms with Crippen molar-refractivity contribution in [3.63, 3.8) is 0 Å². The van der Waals surface area contributed by atoms with E-state index >= 15 is 0 Å². The molecule has 1 fully saturated rings. The predicted octanol–water partition coefficient (Wildman–Crippen LogP) is 3.37. The van der Waals surface area contributed by atoms with Crippen molar-refractivity contribution >= 4 is 11.8 Å². The Kier molecular flexibility index (Phi) is 3.55. The predicted molar refractivity (Wildman–Crippen MR) is 67.5 cm³/mol. The van der Waals surface area contributed by atoms with Crippen LogP contribution in [0.4, 0.5) is 4.39 Å². The number of benzene rings is 1. The van der Waals surface area contributed by atoms with E-state index in [0.717, 1.165) is 12.1 Å². The van der Waals surface area contributed by atoms with Crippen molar-refractivity contribution in [3.05, 3.63) is 29.6 Å². The fourth-order valence-corrected chi connectivity index (χ4v) is 3.72. The molecule has 0 atom stereocenters. The Labute approximate surface area is 101 Å². The Hall–Kier alpha value is -0.540. The molecule has 88 valence electrons. The minimum Gasteiger partial charge on any atom is -0.318 e. The van der Waals surface area contributed by atoms with E-state index in [1.165, 1.54) is 24.2 Å². The highest BCUT2D eigenvalue weighted by atomic mass is 32.2. The fourth-order valence-electron chi connectivity index (χ4n) is 2.14. The summed E-state index contributed by atoms with van der Waals surface area (Å²) < 4.78 is 13.5. The average Bonchev–Trinajstić information content (AvgIpc) is 2.20. The summed E-state index contributed by atoms with van der Waals surface area (Å²) in [6.07, 6.45) is 3.83. The van der Waals surface area contributed by atoms with Crippen LogP contribution in [0.25, 0.3) is 0 Å². The monoisotopic (exact) mass is 239 g/mol. The zero-order valence-electron chi connectivity index (χ0n) is 9.85. The van der Waals surface area contributed by atoms with Gasteiger partial charge in [0.1, 0.15) is 5.82 Å². The lowest BCUT2D eigenvalue weighted by atomic mass is 9.84. The van der Waals surface area contributed by atoms with Gasteiger partial charge in [0.25, 0.3) is 0 Å². The van der Waals surface area contributed by atoms with Crippen molar-refractivity contribution in [1.29, 1.82) is 0 Å². The Morgan fingerprint density at radius 1 is 1.44 bits per heavy atom. The van der Waals surface area contributed by atoms with Crippen molar-refractivity contribution < 1.29 is 4.39 Å². The van der Waals surface area contributed by atoms with Crippen LogP contribution >= 0.6 is 11.8 Å². The first-order valence-corrected chi connectivity index (χ1v) is 6.57. The summed E-state index contributed by atoms with van der Waals surface area (Å²) in [4.78, 5) is 1.19. The molecule has 1 saturated carbocycles. The van der Waals surface area contributed by atoms with Crippen LogP contribution in [0.1, 0.15) is 24.8 Å². The normalized spacial score (nSPS) is 18.2. The smallest absolute Gasteiger partial charge is 0.126 e. The number of thioether (sulfide) groups is 1. The molecule has 1 aromatic rings. The molecule has 0 saturated heterocycles. The molecule has 0 unspecified atom stereocenters. The maximum absolute atomic E-state index is 13.2. The molecule has 1 aromatic carbocycles. The van der Waals surface area contributed by atoms with Crippen molar-refractivity contribution in [2.24, 2.45) is 0 Å². The van der Waals surface area contributed by atoms with Crippen LogP contribution in [0.5, 0.6) is 0 Å².